The Morgan fingerprint density at radius 1 is 1.15 bits per heavy atom. The molecule has 0 spiro atoms. The van der Waals surface area contributed by atoms with Gasteiger partial charge in [0.05, 0.1) is 7.11 Å². The maximum Gasteiger partial charge on any atom is 0.342 e. The smallest absolute Gasteiger partial charge is 0.342 e. The number of nitriles is 1. The predicted octanol–water partition coefficient (Wildman–Crippen LogP) is 3.46. The molecule has 0 radical (unpaired) electrons. The number of anilines is 1. The lowest BCUT2D eigenvalue weighted by atomic mass is 10.0. The van der Waals surface area contributed by atoms with Crippen molar-refractivity contribution in [2.75, 3.05) is 12.4 Å². The van der Waals surface area contributed by atoms with Crippen LogP contribution in [0.5, 0.6) is 0 Å². The summed E-state index contributed by atoms with van der Waals surface area (Å²) in [5, 5.41) is 11.7. The van der Waals surface area contributed by atoms with Crippen LogP contribution in [0.15, 0.2) is 22.6 Å². The van der Waals surface area contributed by atoms with E-state index in [2.05, 4.69) is 10.1 Å². The van der Waals surface area contributed by atoms with E-state index < -0.39 is 11.9 Å². The van der Waals surface area contributed by atoms with Gasteiger partial charge in [0.1, 0.15) is 23.0 Å². The summed E-state index contributed by atoms with van der Waals surface area (Å²) in [7, 11) is 1.19. The number of nitrogens with one attached hydrogen (secondary N) is 1. The summed E-state index contributed by atoms with van der Waals surface area (Å²) in [4.78, 5) is 36.2. The van der Waals surface area contributed by atoms with Crippen LogP contribution in [0.2, 0.25) is 0 Å². The molecule has 1 N–H and O–H groups in total. The summed E-state index contributed by atoms with van der Waals surface area (Å²) < 4.78 is 9.93. The Hall–Kier alpha value is -3.40. The third-order valence-corrected chi connectivity index (χ3v) is 4.25. The second kappa shape index (κ2) is 8.32. The van der Waals surface area contributed by atoms with Crippen LogP contribution in [0.1, 0.15) is 56.0 Å². The van der Waals surface area contributed by atoms with Crippen molar-refractivity contribution < 1.29 is 23.5 Å². The molecule has 0 aliphatic carbocycles. The molecule has 0 unspecified atom stereocenters. The van der Waals surface area contributed by atoms with Gasteiger partial charge in [0.15, 0.2) is 5.78 Å². The molecule has 1 amide bonds. The van der Waals surface area contributed by atoms with Gasteiger partial charge in [-0.25, -0.2) is 4.79 Å². The minimum absolute atomic E-state index is 0.0137. The third-order valence-electron chi connectivity index (χ3n) is 4.25. The van der Waals surface area contributed by atoms with Crippen LogP contribution >= 0.6 is 0 Å². The van der Waals surface area contributed by atoms with Gasteiger partial charge in [0.2, 0.25) is 11.8 Å². The first-order valence-corrected chi connectivity index (χ1v) is 8.30. The van der Waals surface area contributed by atoms with E-state index in [1.807, 2.05) is 26.0 Å². The number of hydrogen-bond donors (Lipinski definition) is 1. The number of Topliss-reactive ketones (excluding diaryl/α,β-unsaturated/α-hetero) is 1. The van der Waals surface area contributed by atoms with Crippen LogP contribution in [0, 0.1) is 32.1 Å². The molecule has 0 aliphatic rings. The number of methoxy groups -OCH3 is 1. The van der Waals surface area contributed by atoms with Gasteiger partial charge in [-0.2, -0.15) is 5.26 Å². The molecule has 0 saturated carbocycles. The lowest BCUT2D eigenvalue weighted by Gasteiger charge is -2.05. The molecule has 140 valence electrons. The van der Waals surface area contributed by atoms with E-state index >= 15 is 0 Å². The van der Waals surface area contributed by atoms with E-state index in [0.717, 1.165) is 11.1 Å². The lowest BCUT2D eigenvalue weighted by molar-refractivity contribution is -0.116. The topological polar surface area (TPSA) is 109 Å². The Balaban J connectivity index is 2.06. The maximum absolute atomic E-state index is 12.3. The summed E-state index contributed by atoms with van der Waals surface area (Å²) in [6, 6.07) is 7.22. The Morgan fingerprint density at radius 2 is 1.85 bits per heavy atom. The molecule has 0 atom stereocenters. The normalized spacial score (nSPS) is 10.2. The number of hydrogen-bond acceptors (Lipinski definition) is 6. The molecule has 1 aromatic carbocycles. The van der Waals surface area contributed by atoms with Crippen LogP contribution in [-0.4, -0.2) is 24.8 Å². The van der Waals surface area contributed by atoms with Crippen LogP contribution in [0.3, 0.4) is 0 Å². The fourth-order valence-electron chi connectivity index (χ4n) is 2.56. The van der Waals surface area contributed by atoms with Gasteiger partial charge in [0, 0.05) is 18.4 Å². The number of carbonyl (C=O) groups is 3. The molecule has 0 saturated heterocycles. The number of aryl methyl sites for hydroxylation is 3. The number of esters is 1. The first-order valence-electron chi connectivity index (χ1n) is 8.30. The van der Waals surface area contributed by atoms with E-state index in [-0.39, 0.29) is 41.4 Å². The fraction of sp³-hybridized carbons (Fsp3) is 0.300. The van der Waals surface area contributed by atoms with Gasteiger partial charge >= 0.3 is 5.97 Å². The van der Waals surface area contributed by atoms with E-state index in [0.29, 0.717) is 5.56 Å². The Morgan fingerprint density at radius 3 is 2.44 bits per heavy atom. The average Bonchev–Trinajstić information content (AvgIpc) is 2.96. The molecule has 27 heavy (non-hydrogen) atoms. The van der Waals surface area contributed by atoms with E-state index in [9.17, 15) is 19.6 Å². The highest BCUT2D eigenvalue weighted by Crippen LogP contribution is 2.27. The SMILES string of the molecule is COC(=O)c1c(C)oc(NC(=O)CCC(=O)c2ccc(C)c(C)c2)c1C#N. The van der Waals surface area contributed by atoms with E-state index in [4.69, 9.17) is 4.42 Å². The minimum Gasteiger partial charge on any atom is -0.465 e. The first kappa shape index (κ1) is 19.9. The number of ketones is 1. The lowest BCUT2D eigenvalue weighted by Crippen LogP contribution is -2.14. The minimum atomic E-state index is -0.724. The Bertz CT molecular complexity index is 950. The van der Waals surface area contributed by atoms with Crippen molar-refractivity contribution in [2.45, 2.75) is 33.6 Å². The summed E-state index contributed by atoms with van der Waals surface area (Å²) in [5.41, 5.74) is 2.51. The van der Waals surface area contributed by atoms with Gasteiger partial charge < -0.3 is 9.15 Å². The van der Waals surface area contributed by atoms with Gasteiger partial charge in [-0.15, -0.1) is 0 Å². The Kier molecular flexibility index (Phi) is 6.14. The second-order valence-corrected chi connectivity index (χ2v) is 6.11. The molecule has 0 aliphatic heterocycles. The van der Waals surface area contributed by atoms with Crippen LogP contribution in [-0.2, 0) is 9.53 Å². The zero-order chi connectivity index (χ0) is 20.1. The number of amides is 1. The number of furan rings is 1. The molecule has 2 aromatic rings. The summed E-state index contributed by atoms with van der Waals surface area (Å²) >= 11 is 0. The highest BCUT2D eigenvalue weighted by Gasteiger charge is 2.25. The average molecular weight is 368 g/mol. The molecular weight excluding hydrogens is 348 g/mol. The number of ether oxygens (including phenoxy) is 1. The molecule has 1 heterocycles. The molecule has 2 rings (SSSR count). The molecule has 1 aromatic heterocycles. The monoisotopic (exact) mass is 368 g/mol. The Labute approximate surface area is 156 Å². The number of rotatable bonds is 6. The number of benzene rings is 1. The van der Waals surface area contributed by atoms with Crippen molar-refractivity contribution >= 4 is 23.5 Å². The van der Waals surface area contributed by atoms with Crippen molar-refractivity contribution in [2.24, 2.45) is 0 Å². The van der Waals surface area contributed by atoms with Crippen molar-refractivity contribution in [3.8, 4) is 6.07 Å². The highest BCUT2D eigenvalue weighted by molar-refractivity contribution is 6.01. The summed E-state index contributed by atoms with van der Waals surface area (Å²) in [6.45, 7) is 5.37. The van der Waals surface area contributed by atoms with Crippen LogP contribution in [0.25, 0.3) is 0 Å². The fourth-order valence-corrected chi connectivity index (χ4v) is 2.56. The van der Waals surface area contributed by atoms with Gasteiger partial charge in [-0.1, -0.05) is 12.1 Å². The van der Waals surface area contributed by atoms with Crippen molar-refractivity contribution in [1.82, 2.24) is 0 Å². The van der Waals surface area contributed by atoms with E-state index in [1.165, 1.54) is 14.0 Å². The van der Waals surface area contributed by atoms with Crippen LogP contribution in [0.4, 0.5) is 5.88 Å². The zero-order valence-corrected chi connectivity index (χ0v) is 15.6. The molecule has 7 nitrogen and oxygen atoms in total. The maximum atomic E-state index is 12.3. The van der Waals surface area contributed by atoms with Crippen molar-refractivity contribution in [3.05, 3.63) is 51.8 Å². The van der Waals surface area contributed by atoms with Crippen molar-refractivity contribution in [1.29, 1.82) is 5.26 Å². The predicted molar refractivity (Wildman–Crippen MR) is 97.6 cm³/mol. The molecule has 0 fully saturated rings. The number of carbonyl (C=O) groups excluding carboxylic acids is 3. The zero-order valence-electron chi connectivity index (χ0n) is 15.6. The molecule has 0 bridgehead atoms. The second-order valence-electron chi connectivity index (χ2n) is 6.11. The summed E-state index contributed by atoms with van der Waals surface area (Å²) in [5.74, 6) is -1.33. The van der Waals surface area contributed by atoms with Crippen LogP contribution < -0.4 is 5.32 Å². The molecular formula is C20H20N2O5. The van der Waals surface area contributed by atoms with Gasteiger partial charge in [-0.3, -0.25) is 14.9 Å². The summed E-state index contributed by atoms with van der Waals surface area (Å²) in [6.07, 6.45) is -0.0658. The van der Waals surface area contributed by atoms with Gasteiger partial charge in [0.25, 0.3) is 0 Å². The van der Waals surface area contributed by atoms with Gasteiger partial charge in [-0.05, 0) is 38.0 Å². The quantitative estimate of drug-likeness (QED) is 0.618. The standard InChI is InChI=1S/C20H20N2O5/c1-11-5-6-14(9-12(11)2)16(23)7-8-17(24)22-19-15(10-21)18(13(3)27-19)20(25)26-4/h5-6,9H,7-8H2,1-4H3,(H,22,24). The highest BCUT2D eigenvalue weighted by atomic mass is 16.5. The first-order chi connectivity index (χ1) is 12.8. The van der Waals surface area contributed by atoms with E-state index in [1.54, 1.807) is 12.1 Å². The third kappa shape index (κ3) is 4.42. The molecule has 7 heteroatoms. The largest absolute Gasteiger partial charge is 0.465 e. The number of nitrogens with zero attached hydrogens (tertiary/aromatic N) is 1. The van der Waals surface area contributed by atoms with Crippen molar-refractivity contribution in [3.63, 3.8) is 0 Å².